The van der Waals surface area contributed by atoms with E-state index in [1.54, 1.807) is 7.11 Å². The maximum atomic E-state index is 6.32. The van der Waals surface area contributed by atoms with Crippen molar-refractivity contribution < 1.29 is 9.16 Å². The molecule has 0 N–H and O–H groups in total. The van der Waals surface area contributed by atoms with Gasteiger partial charge in [-0.15, -0.1) is 0 Å². The Kier molecular flexibility index (Phi) is 5.26. The van der Waals surface area contributed by atoms with E-state index in [4.69, 9.17) is 9.16 Å². The zero-order chi connectivity index (χ0) is 14.8. The Morgan fingerprint density at radius 1 is 1.21 bits per heavy atom. The molecule has 1 atom stereocenters. The van der Waals surface area contributed by atoms with Crippen molar-refractivity contribution in [3.8, 4) is 5.75 Å². The molecule has 4 heteroatoms. The van der Waals surface area contributed by atoms with Crippen LogP contribution in [0, 0.1) is 0 Å². The molecule has 1 aromatic rings. The van der Waals surface area contributed by atoms with E-state index in [1.165, 1.54) is 0 Å². The average Bonchev–Trinajstić information content (AvgIpc) is 2.29. The summed E-state index contributed by atoms with van der Waals surface area (Å²) < 4.78 is 12.8. The lowest BCUT2D eigenvalue weighted by Crippen LogP contribution is -2.43. The fraction of sp³-hybridized carbons (Fsp3) is 0.600. The summed E-state index contributed by atoms with van der Waals surface area (Å²) in [5, 5.41) is 0.201. The molecule has 19 heavy (non-hydrogen) atoms. The van der Waals surface area contributed by atoms with Crippen molar-refractivity contribution in [2.45, 2.75) is 51.9 Å². The molecule has 0 aliphatic rings. The molecule has 0 bridgehead atoms. The van der Waals surface area contributed by atoms with E-state index < -0.39 is 8.32 Å². The minimum Gasteiger partial charge on any atom is -0.543 e. The number of halogens is 1. The molecule has 1 rings (SSSR count). The highest BCUT2D eigenvalue weighted by molar-refractivity contribution is 9.10. The smallest absolute Gasteiger partial charge is 0.250 e. The summed E-state index contributed by atoms with van der Waals surface area (Å²) in [5.41, 5.74) is 1.12. The summed E-state index contributed by atoms with van der Waals surface area (Å²) in [4.78, 5) is 0. The summed E-state index contributed by atoms with van der Waals surface area (Å²) in [5.74, 6) is 0.939. The number of rotatable bonds is 4. The molecule has 1 unspecified atom stereocenters. The molecule has 108 valence electrons. The highest BCUT2D eigenvalue weighted by Crippen LogP contribution is 2.38. The molecule has 0 radical (unpaired) electrons. The van der Waals surface area contributed by atoms with E-state index in [2.05, 4.69) is 55.9 Å². The quantitative estimate of drug-likeness (QED) is 0.667. The van der Waals surface area contributed by atoms with Gasteiger partial charge >= 0.3 is 0 Å². The summed E-state index contributed by atoms with van der Waals surface area (Å²) in [7, 11) is -0.0664. The molecular formula is C15H25BrO2Si. The number of benzene rings is 1. The van der Waals surface area contributed by atoms with E-state index in [-0.39, 0.29) is 11.1 Å². The Balaban J connectivity index is 3.04. The van der Waals surface area contributed by atoms with Crippen molar-refractivity contribution in [2.24, 2.45) is 0 Å². The van der Waals surface area contributed by atoms with Crippen molar-refractivity contribution in [1.29, 1.82) is 0 Å². The first-order valence-electron chi connectivity index (χ1n) is 6.60. The summed E-state index contributed by atoms with van der Waals surface area (Å²) in [6.45, 7) is 13.3. The van der Waals surface area contributed by atoms with Crippen molar-refractivity contribution in [1.82, 2.24) is 0 Å². The molecule has 0 aliphatic heterocycles. The monoisotopic (exact) mass is 344 g/mol. The van der Waals surface area contributed by atoms with Gasteiger partial charge in [0.25, 0.3) is 0 Å². The fourth-order valence-corrected chi connectivity index (χ4v) is 3.06. The van der Waals surface area contributed by atoms with E-state index in [0.29, 0.717) is 0 Å². The van der Waals surface area contributed by atoms with Crippen LogP contribution in [0.5, 0.6) is 5.75 Å². The second-order valence-corrected chi connectivity index (χ2v) is 12.0. The van der Waals surface area contributed by atoms with E-state index >= 15 is 0 Å². The van der Waals surface area contributed by atoms with Crippen LogP contribution < -0.4 is 4.43 Å². The minimum atomic E-state index is -1.79. The first-order chi connectivity index (χ1) is 8.58. The van der Waals surface area contributed by atoms with Crippen LogP contribution in [0.4, 0.5) is 0 Å². The van der Waals surface area contributed by atoms with E-state index in [9.17, 15) is 0 Å². The van der Waals surface area contributed by atoms with E-state index in [0.717, 1.165) is 15.8 Å². The predicted molar refractivity (Wildman–Crippen MR) is 87.4 cm³/mol. The van der Waals surface area contributed by atoms with Gasteiger partial charge in [-0.1, -0.05) is 36.7 Å². The maximum Gasteiger partial charge on any atom is 0.250 e. The Morgan fingerprint density at radius 2 is 1.79 bits per heavy atom. The first-order valence-corrected chi connectivity index (χ1v) is 10.3. The standard InChI is InChI=1S/C15H25BrO2Si/c1-11(17-5)13-10-12(8-9-14(13)16)18-19(6,7)15(2,3)4/h8-11H,1-7H3. The lowest BCUT2D eigenvalue weighted by Gasteiger charge is -2.36. The van der Waals surface area contributed by atoms with Gasteiger partial charge in [-0.3, -0.25) is 0 Å². The zero-order valence-electron chi connectivity index (χ0n) is 13.0. The summed E-state index contributed by atoms with van der Waals surface area (Å²) in [6, 6.07) is 6.14. The maximum absolute atomic E-state index is 6.32. The highest BCUT2D eigenvalue weighted by atomic mass is 79.9. The van der Waals surface area contributed by atoms with Gasteiger partial charge < -0.3 is 9.16 Å². The van der Waals surface area contributed by atoms with Gasteiger partial charge in [-0.05, 0) is 48.8 Å². The second-order valence-electron chi connectivity index (χ2n) is 6.42. The van der Waals surface area contributed by atoms with Gasteiger partial charge in [0.05, 0.1) is 6.10 Å². The van der Waals surface area contributed by atoms with Gasteiger partial charge in [-0.25, -0.2) is 0 Å². The lowest BCUT2D eigenvalue weighted by molar-refractivity contribution is 0.119. The number of hydrogen-bond acceptors (Lipinski definition) is 2. The molecule has 0 aliphatic carbocycles. The van der Waals surface area contributed by atoms with E-state index in [1.807, 2.05) is 19.1 Å². The van der Waals surface area contributed by atoms with Crippen LogP contribution in [0.3, 0.4) is 0 Å². The average molecular weight is 345 g/mol. The Hall–Kier alpha value is -0.323. The number of methoxy groups -OCH3 is 1. The third-order valence-corrected chi connectivity index (χ3v) is 9.02. The number of ether oxygens (including phenoxy) is 1. The fourth-order valence-electron chi connectivity index (χ4n) is 1.47. The summed E-state index contributed by atoms with van der Waals surface area (Å²) in [6.07, 6.45) is 0.0531. The van der Waals surface area contributed by atoms with Crippen LogP contribution in [0.2, 0.25) is 18.1 Å². The minimum absolute atomic E-state index is 0.0531. The third-order valence-electron chi connectivity index (χ3n) is 3.94. The third kappa shape index (κ3) is 4.07. The van der Waals surface area contributed by atoms with Gasteiger partial charge in [-0.2, -0.15) is 0 Å². The van der Waals surface area contributed by atoms with Crippen molar-refractivity contribution in [3.05, 3.63) is 28.2 Å². The van der Waals surface area contributed by atoms with Crippen molar-refractivity contribution in [2.75, 3.05) is 7.11 Å². The number of hydrogen-bond donors (Lipinski definition) is 0. The van der Waals surface area contributed by atoms with Gasteiger partial charge in [0.2, 0.25) is 8.32 Å². The molecule has 0 fully saturated rings. The molecular weight excluding hydrogens is 320 g/mol. The van der Waals surface area contributed by atoms with Crippen LogP contribution in [0.1, 0.15) is 39.4 Å². The molecule has 0 heterocycles. The molecule has 0 spiro atoms. The van der Waals surface area contributed by atoms with Crippen LogP contribution >= 0.6 is 15.9 Å². The Morgan fingerprint density at radius 3 is 2.26 bits per heavy atom. The zero-order valence-corrected chi connectivity index (χ0v) is 15.6. The topological polar surface area (TPSA) is 18.5 Å². The Bertz CT molecular complexity index is 438. The van der Waals surface area contributed by atoms with Gasteiger partial charge in [0.15, 0.2) is 0 Å². The van der Waals surface area contributed by atoms with Crippen LogP contribution in [-0.2, 0) is 4.74 Å². The van der Waals surface area contributed by atoms with Crippen molar-refractivity contribution >= 4 is 24.2 Å². The molecule has 0 saturated heterocycles. The molecule has 0 amide bonds. The molecule has 0 aromatic heterocycles. The van der Waals surface area contributed by atoms with Crippen LogP contribution in [-0.4, -0.2) is 15.4 Å². The van der Waals surface area contributed by atoms with Gasteiger partial charge in [0.1, 0.15) is 5.75 Å². The first kappa shape index (κ1) is 16.7. The Labute approximate surface area is 126 Å². The predicted octanol–water partition coefficient (Wildman–Crippen LogP) is 5.54. The normalized spacial score (nSPS) is 14.3. The lowest BCUT2D eigenvalue weighted by atomic mass is 10.1. The van der Waals surface area contributed by atoms with Crippen molar-refractivity contribution in [3.63, 3.8) is 0 Å². The molecule has 1 aromatic carbocycles. The molecule has 2 nitrogen and oxygen atoms in total. The molecule has 0 saturated carbocycles. The summed E-state index contributed by atoms with van der Waals surface area (Å²) >= 11 is 3.57. The second kappa shape index (κ2) is 5.98. The SMILES string of the molecule is COC(C)c1cc(O[Si](C)(C)C(C)(C)C)ccc1Br. The van der Waals surface area contributed by atoms with Crippen LogP contribution in [0.15, 0.2) is 22.7 Å². The van der Waals surface area contributed by atoms with Gasteiger partial charge in [0, 0.05) is 11.6 Å². The highest BCUT2D eigenvalue weighted by Gasteiger charge is 2.39. The van der Waals surface area contributed by atoms with Crippen LogP contribution in [0.25, 0.3) is 0 Å². The largest absolute Gasteiger partial charge is 0.543 e.